The van der Waals surface area contributed by atoms with Gasteiger partial charge < -0.3 is 4.42 Å². The minimum Gasteiger partial charge on any atom is -0.455 e. The number of furan rings is 1. The molecule has 0 fully saturated rings. The number of aryl methyl sites for hydroxylation is 3. The maximum absolute atomic E-state index is 7.92. The summed E-state index contributed by atoms with van der Waals surface area (Å²) in [6.07, 6.45) is 4.03. The van der Waals surface area contributed by atoms with Crippen molar-refractivity contribution in [2.24, 2.45) is 7.05 Å². The molecule has 23 heavy (non-hydrogen) atoms. The molecule has 3 nitrogen and oxygen atoms in total. The lowest BCUT2D eigenvalue weighted by Crippen LogP contribution is -2.31. The van der Waals surface area contributed by atoms with Crippen molar-refractivity contribution in [1.82, 2.24) is 4.98 Å². The molecule has 4 rings (SSSR count). The summed E-state index contributed by atoms with van der Waals surface area (Å²) in [6.45, 7) is 3.63. The van der Waals surface area contributed by atoms with Gasteiger partial charge in [-0.15, -0.1) is 0 Å². The van der Waals surface area contributed by atoms with Crippen LogP contribution in [0.3, 0.4) is 0 Å². The van der Waals surface area contributed by atoms with Gasteiger partial charge >= 0.3 is 0 Å². The number of fused-ring (bicyclic) bond motifs is 3. The summed E-state index contributed by atoms with van der Waals surface area (Å²) in [4.78, 5) is 4.21. The first-order valence-corrected chi connectivity index (χ1v) is 7.62. The summed E-state index contributed by atoms with van der Waals surface area (Å²) in [6, 6.07) is 9.85. The summed E-state index contributed by atoms with van der Waals surface area (Å²) in [5.41, 5.74) is 5.44. The van der Waals surface area contributed by atoms with Crippen molar-refractivity contribution in [2.45, 2.75) is 20.2 Å². The van der Waals surface area contributed by atoms with Crippen molar-refractivity contribution in [2.75, 3.05) is 0 Å². The number of hydrogen-bond donors (Lipinski definition) is 0. The fourth-order valence-electron chi connectivity index (χ4n) is 3.12. The molecule has 0 aliphatic carbocycles. The van der Waals surface area contributed by atoms with Crippen LogP contribution in [0.5, 0.6) is 0 Å². The smallest absolute Gasteiger partial charge is 0.216 e. The molecular weight excluding hydrogens is 284 g/mol. The van der Waals surface area contributed by atoms with Crippen molar-refractivity contribution in [3.05, 3.63) is 60.0 Å². The molecule has 3 heteroatoms. The second kappa shape index (κ2) is 5.20. The van der Waals surface area contributed by atoms with Crippen LogP contribution >= 0.6 is 0 Å². The monoisotopic (exact) mass is 305 g/mol. The highest BCUT2D eigenvalue weighted by molar-refractivity contribution is 6.09. The van der Waals surface area contributed by atoms with E-state index in [4.69, 9.17) is 7.16 Å². The molecule has 1 aromatic carbocycles. The van der Waals surface area contributed by atoms with E-state index in [1.165, 1.54) is 0 Å². The highest BCUT2D eigenvalue weighted by atomic mass is 16.3. The lowest BCUT2D eigenvalue weighted by atomic mass is 10.0. The zero-order valence-electron chi connectivity index (χ0n) is 15.4. The van der Waals surface area contributed by atoms with Crippen molar-refractivity contribution in [1.29, 1.82) is 0 Å². The fraction of sp³-hybridized carbons (Fsp3) is 0.200. The highest BCUT2D eigenvalue weighted by Gasteiger charge is 2.20. The van der Waals surface area contributed by atoms with Gasteiger partial charge in [0.25, 0.3) is 0 Å². The van der Waals surface area contributed by atoms with Crippen molar-refractivity contribution in [3.8, 4) is 11.3 Å². The van der Waals surface area contributed by atoms with Crippen LogP contribution in [0.4, 0.5) is 0 Å². The Morgan fingerprint density at radius 2 is 2.04 bits per heavy atom. The molecule has 0 N–H and O–H groups in total. The van der Waals surface area contributed by atoms with E-state index in [0.29, 0.717) is 5.56 Å². The van der Waals surface area contributed by atoms with E-state index in [9.17, 15) is 0 Å². The fourth-order valence-corrected chi connectivity index (χ4v) is 3.12. The molecule has 0 atom stereocenters. The first-order chi connectivity index (χ1) is 11.9. The second-order valence-electron chi connectivity index (χ2n) is 5.77. The van der Waals surface area contributed by atoms with E-state index >= 15 is 0 Å². The Kier molecular flexibility index (Phi) is 2.67. The number of hydrogen-bond acceptors (Lipinski definition) is 2. The van der Waals surface area contributed by atoms with Crippen molar-refractivity contribution in [3.63, 3.8) is 0 Å². The molecular formula is C20H19N2O+. The predicted octanol–water partition coefficient (Wildman–Crippen LogP) is 4.34. The standard InChI is InChI=1S/C20H19N2O/c1-4-14-6-8-17(22(3)12-14)19-13(2)5-7-15-16-11-21-10-9-18(16)23-20(15)19/h5-12H,4H2,1-3H3/q+1/i4D2. The van der Waals surface area contributed by atoms with E-state index < -0.39 is 6.37 Å². The Hall–Kier alpha value is -2.68. The summed E-state index contributed by atoms with van der Waals surface area (Å²) in [5, 5.41) is 2.04. The molecule has 114 valence electrons. The quantitative estimate of drug-likeness (QED) is 0.516. The minimum absolute atomic E-state index is 0.650. The van der Waals surface area contributed by atoms with Gasteiger partial charge in [-0.05, 0) is 31.0 Å². The lowest BCUT2D eigenvalue weighted by molar-refractivity contribution is -0.660. The minimum atomic E-state index is -1.37. The molecule has 0 saturated heterocycles. The highest BCUT2D eigenvalue weighted by Crippen LogP contribution is 2.36. The molecule has 0 aliphatic heterocycles. The Bertz CT molecular complexity index is 1110. The summed E-state index contributed by atoms with van der Waals surface area (Å²) >= 11 is 0. The van der Waals surface area contributed by atoms with E-state index in [-0.39, 0.29) is 0 Å². The average Bonchev–Trinajstić information content (AvgIpc) is 2.93. The number of aromatic nitrogens is 2. The van der Waals surface area contributed by atoms with Gasteiger partial charge in [-0.2, -0.15) is 0 Å². The third-order valence-electron chi connectivity index (χ3n) is 4.33. The molecule has 0 saturated carbocycles. The Morgan fingerprint density at radius 3 is 2.83 bits per heavy atom. The molecule has 0 aliphatic rings. The van der Waals surface area contributed by atoms with Gasteiger partial charge in [0.2, 0.25) is 5.69 Å². The van der Waals surface area contributed by atoms with Gasteiger partial charge in [-0.25, -0.2) is 4.57 Å². The van der Waals surface area contributed by atoms with Crippen LogP contribution in [0.25, 0.3) is 33.2 Å². The van der Waals surface area contributed by atoms with E-state index in [1.54, 1.807) is 13.1 Å². The Morgan fingerprint density at radius 1 is 1.17 bits per heavy atom. The topological polar surface area (TPSA) is 29.9 Å². The van der Waals surface area contributed by atoms with Gasteiger partial charge in [0.15, 0.2) is 6.20 Å². The zero-order valence-corrected chi connectivity index (χ0v) is 13.4. The van der Waals surface area contributed by atoms with Crippen molar-refractivity contribution < 1.29 is 11.7 Å². The van der Waals surface area contributed by atoms with Gasteiger partial charge in [0.05, 0.1) is 5.56 Å². The van der Waals surface area contributed by atoms with Crippen molar-refractivity contribution >= 4 is 21.9 Å². The lowest BCUT2D eigenvalue weighted by Gasteiger charge is -2.06. The largest absolute Gasteiger partial charge is 0.455 e. The van der Waals surface area contributed by atoms with Crippen LogP contribution in [-0.2, 0) is 13.4 Å². The molecule has 0 amide bonds. The Balaban J connectivity index is 2.02. The van der Waals surface area contributed by atoms with Gasteiger partial charge in [-0.3, -0.25) is 4.98 Å². The third-order valence-corrected chi connectivity index (χ3v) is 4.33. The Labute approximate surface area is 138 Å². The molecule has 3 aromatic heterocycles. The summed E-state index contributed by atoms with van der Waals surface area (Å²) < 4.78 is 23.9. The first kappa shape index (κ1) is 11.8. The number of benzene rings is 1. The van der Waals surface area contributed by atoms with E-state index in [2.05, 4.69) is 24.0 Å². The maximum atomic E-state index is 7.92. The average molecular weight is 305 g/mol. The van der Waals surface area contributed by atoms with Crippen LogP contribution in [-0.4, -0.2) is 4.98 Å². The molecule has 4 aromatic rings. The molecule has 0 spiro atoms. The first-order valence-electron chi connectivity index (χ1n) is 8.62. The van der Waals surface area contributed by atoms with Crippen LogP contribution in [0.1, 0.15) is 20.8 Å². The molecule has 0 bridgehead atoms. The predicted molar refractivity (Wildman–Crippen MR) is 92.2 cm³/mol. The van der Waals surface area contributed by atoms with Gasteiger partial charge in [-0.1, -0.05) is 19.1 Å². The zero-order chi connectivity index (χ0) is 17.8. The third kappa shape index (κ3) is 2.12. The summed E-state index contributed by atoms with van der Waals surface area (Å²) in [5.74, 6) is 0. The van der Waals surface area contributed by atoms with Gasteiger partial charge in [0, 0.05) is 37.5 Å². The maximum Gasteiger partial charge on any atom is 0.216 e. The van der Waals surface area contributed by atoms with Crippen LogP contribution in [0.2, 0.25) is 0 Å². The second-order valence-corrected chi connectivity index (χ2v) is 5.77. The normalized spacial score (nSPS) is 13.3. The van der Waals surface area contributed by atoms with Crippen LogP contribution in [0.15, 0.2) is 53.3 Å². The molecule has 3 heterocycles. The van der Waals surface area contributed by atoms with E-state index in [0.717, 1.165) is 38.8 Å². The molecule has 0 radical (unpaired) electrons. The number of nitrogens with zero attached hydrogens (tertiary/aromatic N) is 2. The van der Waals surface area contributed by atoms with E-state index in [1.807, 2.05) is 42.2 Å². The van der Waals surface area contributed by atoms with Crippen LogP contribution in [0, 0.1) is 6.92 Å². The van der Waals surface area contributed by atoms with Crippen LogP contribution < -0.4 is 4.57 Å². The number of rotatable bonds is 2. The summed E-state index contributed by atoms with van der Waals surface area (Å²) in [7, 11) is 1.94. The molecule has 0 unspecified atom stereocenters. The number of pyridine rings is 2. The SMILES string of the molecule is [2H]C([2H])(C)c1ccc(-c2c(C)ccc3c2oc2ccncc23)[n+](C)c1. The van der Waals surface area contributed by atoms with Gasteiger partial charge in [0.1, 0.15) is 18.2 Å².